The predicted molar refractivity (Wildman–Crippen MR) is 280 cm³/mol. The van der Waals surface area contributed by atoms with Crippen LogP contribution >= 0.6 is 0 Å². The first-order valence-corrected chi connectivity index (χ1v) is 22.8. The maximum absolute atomic E-state index is 2.45. The second kappa shape index (κ2) is 16.3. The minimum atomic E-state index is 1.11. The van der Waals surface area contributed by atoms with E-state index in [2.05, 4.69) is 266 Å². The highest BCUT2D eigenvalue weighted by Gasteiger charge is 2.22. The van der Waals surface area contributed by atoms with Crippen LogP contribution < -0.4 is 0 Å². The average molecular weight is 843 g/mol. The van der Waals surface area contributed by atoms with Crippen molar-refractivity contribution in [3.05, 3.63) is 254 Å². The van der Waals surface area contributed by atoms with Crippen LogP contribution in [0.25, 0.3) is 111 Å². The van der Waals surface area contributed by atoms with Crippen molar-refractivity contribution in [3.8, 4) is 78.7 Å². The monoisotopic (exact) mass is 842 g/mol. The van der Waals surface area contributed by atoms with Crippen LogP contribution in [0.3, 0.4) is 0 Å². The maximum atomic E-state index is 2.45. The Kier molecular flexibility index (Phi) is 9.65. The summed E-state index contributed by atoms with van der Waals surface area (Å²) in [5.74, 6) is 0. The Balaban J connectivity index is 1.21. The van der Waals surface area contributed by atoms with Gasteiger partial charge in [-0.3, -0.25) is 0 Å². The quantitative estimate of drug-likeness (QED) is 0.135. The highest BCUT2D eigenvalue weighted by atomic mass is 15.0. The number of aryl methyl sites for hydroxylation is 2. The van der Waals surface area contributed by atoms with Crippen LogP contribution in [-0.4, -0.2) is 9.13 Å². The topological polar surface area (TPSA) is 9.86 Å². The Hall–Kier alpha value is -8.46. The summed E-state index contributed by atoms with van der Waals surface area (Å²) in [5, 5.41) is 7.29. The molecule has 0 N–H and O–H groups in total. The number of fused-ring (bicyclic) bond motifs is 3. The van der Waals surface area contributed by atoms with Crippen molar-refractivity contribution < 1.29 is 0 Å². The largest absolute Gasteiger partial charge is 0.309 e. The van der Waals surface area contributed by atoms with Gasteiger partial charge >= 0.3 is 0 Å². The van der Waals surface area contributed by atoms with E-state index >= 15 is 0 Å². The van der Waals surface area contributed by atoms with Gasteiger partial charge in [-0.05, 0) is 156 Å². The van der Waals surface area contributed by atoms with Crippen LogP contribution in [0, 0.1) is 13.8 Å². The van der Waals surface area contributed by atoms with Crippen LogP contribution in [0.1, 0.15) is 11.1 Å². The molecular formula is C64H46N2. The van der Waals surface area contributed by atoms with Crippen molar-refractivity contribution in [2.75, 3.05) is 0 Å². The van der Waals surface area contributed by atoms with E-state index in [-0.39, 0.29) is 0 Å². The maximum Gasteiger partial charge on any atom is 0.0535 e. The molecule has 0 aliphatic carbocycles. The van der Waals surface area contributed by atoms with Gasteiger partial charge in [0.2, 0.25) is 0 Å². The minimum Gasteiger partial charge on any atom is -0.309 e. The number of hydrogen-bond donors (Lipinski definition) is 0. The predicted octanol–water partition coefficient (Wildman–Crippen LogP) is 17.3. The highest BCUT2D eigenvalue weighted by molar-refractivity contribution is 6.22. The molecule has 2 nitrogen and oxygen atoms in total. The fourth-order valence-electron chi connectivity index (χ4n) is 10.1. The van der Waals surface area contributed by atoms with Gasteiger partial charge in [0.15, 0.2) is 0 Å². The van der Waals surface area contributed by atoms with Gasteiger partial charge < -0.3 is 9.13 Å². The van der Waals surface area contributed by atoms with E-state index in [4.69, 9.17) is 0 Å². The molecule has 66 heavy (non-hydrogen) atoms. The minimum absolute atomic E-state index is 1.11. The van der Waals surface area contributed by atoms with Gasteiger partial charge in [-0.1, -0.05) is 188 Å². The Morgan fingerprint density at radius 3 is 1.05 bits per heavy atom. The summed E-state index contributed by atoms with van der Waals surface area (Å²) < 4.78 is 4.89. The van der Waals surface area contributed by atoms with Crippen molar-refractivity contribution in [3.63, 3.8) is 0 Å². The molecule has 12 aromatic rings. The standard InChI is InChI=1S/C64H46N2/c1-43-27-28-51(39-44(43)2)63-55-33-31-54(66-61(48-22-11-5-12-23-48)37-38-62(66)49-24-13-6-14-25-49)42-58(55)64(52-30-29-45-17-15-16-26-50(45)40-52)56-34-32-53(41-57(56)63)65-59(46-18-7-3-8-19-46)35-36-60(65)47-20-9-4-10-21-47/h3-42H,1-2H3. The average Bonchev–Trinajstić information content (AvgIpc) is 4.04. The van der Waals surface area contributed by atoms with Gasteiger partial charge in [0.1, 0.15) is 0 Å². The summed E-state index contributed by atoms with van der Waals surface area (Å²) in [6, 6.07) is 89.1. The Morgan fingerprint density at radius 2 is 0.621 bits per heavy atom. The van der Waals surface area contributed by atoms with Gasteiger partial charge in [0.05, 0.1) is 22.8 Å². The van der Waals surface area contributed by atoms with Crippen molar-refractivity contribution in [2.45, 2.75) is 13.8 Å². The number of rotatable bonds is 8. The third-order valence-corrected chi connectivity index (χ3v) is 13.5. The van der Waals surface area contributed by atoms with Gasteiger partial charge in [-0.2, -0.15) is 0 Å². The number of benzene rings is 10. The third-order valence-electron chi connectivity index (χ3n) is 13.5. The van der Waals surface area contributed by atoms with E-state index in [1.165, 1.54) is 88.0 Å². The Bertz CT molecular complexity index is 3630. The molecule has 0 unspecified atom stereocenters. The van der Waals surface area contributed by atoms with E-state index in [0.717, 1.165) is 34.2 Å². The second-order valence-corrected chi connectivity index (χ2v) is 17.4. The number of hydrogen-bond acceptors (Lipinski definition) is 0. The van der Waals surface area contributed by atoms with Gasteiger partial charge in [0.25, 0.3) is 0 Å². The molecule has 0 spiro atoms. The molecule has 12 rings (SSSR count). The SMILES string of the molecule is Cc1ccc(-c2c3ccc(-n4c(-c5ccccc5)ccc4-c4ccccc4)cc3c(-c3ccc4ccccc4c3)c3ccc(-n4c(-c5ccccc5)ccc4-c4ccccc4)cc23)cc1C. The van der Waals surface area contributed by atoms with E-state index in [9.17, 15) is 0 Å². The molecule has 0 aliphatic rings. The lowest BCUT2D eigenvalue weighted by atomic mass is 9.84. The molecule has 2 heteroatoms. The van der Waals surface area contributed by atoms with Gasteiger partial charge in [-0.25, -0.2) is 0 Å². The molecule has 0 aliphatic heterocycles. The lowest BCUT2D eigenvalue weighted by Crippen LogP contribution is -2.02. The Labute approximate surface area is 386 Å². The van der Waals surface area contributed by atoms with Crippen LogP contribution in [0.5, 0.6) is 0 Å². The molecule has 0 bridgehead atoms. The molecule has 0 saturated carbocycles. The molecule has 312 valence electrons. The van der Waals surface area contributed by atoms with E-state index in [1.54, 1.807) is 0 Å². The first-order valence-electron chi connectivity index (χ1n) is 22.8. The van der Waals surface area contributed by atoms with Crippen molar-refractivity contribution in [1.29, 1.82) is 0 Å². The first kappa shape index (κ1) is 39.2. The molecule has 2 heterocycles. The molecule has 0 saturated heterocycles. The second-order valence-electron chi connectivity index (χ2n) is 17.4. The number of aromatic nitrogens is 2. The third kappa shape index (κ3) is 6.74. The molecule has 10 aromatic carbocycles. The van der Waals surface area contributed by atoms with Crippen molar-refractivity contribution in [1.82, 2.24) is 9.13 Å². The van der Waals surface area contributed by atoms with E-state index < -0.39 is 0 Å². The molecule has 2 aromatic heterocycles. The fraction of sp³-hybridized carbons (Fsp3) is 0.0312. The van der Waals surface area contributed by atoms with Gasteiger partial charge in [-0.15, -0.1) is 0 Å². The summed E-state index contributed by atoms with van der Waals surface area (Å²) in [5.41, 5.74) is 18.9. The molecular weight excluding hydrogens is 797 g/mol. The van der Waals surface area contributed by atoms with Crippen LogP contribution in [-0.2, 0) is 0 Å². The lowest BCUT2D eigenvalue weighted by Gasteiger charge is -2.22. The van der Waals surface area contributed by atoms with Crippen molar-refractivity contribution in [2.24, 2.45) is 0 Å². The van der Waals surface area contributed by atoms with Gasteiger partial charge in [0, 0.05) is 11.4 Å². The fourth-order valence-corrected chi connectivity index (χ4v) is 10.1. The summed E-state index contributed by atoms with van der Waals surface area (Å²) in [6.07, 6.45) is 0. The molecule has 0 atom stereocenters. The highest BCUT2D eigenvalue weighted by Crippen LogP contribution is 2.47. The molecule has 0 amide bonds. The van der Waals surface area contributed by atoms with Crippen molar-refractivity contribution >= 4 is 32.3 Å². The van der Waals surface area contributed by atoms with E-state index in [1.807, 2.05) is 0 Å². The first-order chi connectivity index (χ1) is 32.6. The van der Waals surface area contributed by atoms with Crippen LogP contribution in [0.2, 0.25) is 0 Å². The normalized spacial score (nSPS) is 11.5. The summed E-state index contributed by atoms with van der Waals surface area (Å²) >= 11 is 0. The molecule has 0 fully saturated rings. The smallest absolute Gasteiger partial charge is 0.0535 e. The molecule has 0 radical (unpaired) electrons. The van der Waals surface area contributed by atoms with E-state index in [0.29, 0.717) is 0 Å². The zero-order valence-corrected chi connectivity index (χ0v) is 37.0. The lowest BCUT2D eigenvalue weighted by molar-refractivity contribution is 1.10. The summed E-state index contributed by atoms with van der Waals surface area (Å²) in [6.45, 7) is 4.44. The summed E-state index contributed by atoms with van der Waals surface area (Å²) in [4.78, 5) is 0. The van der Waals surface area contributed by atoms with Crippen LogP contribution in [0.15, 0.2) is 243 Å². The summed E-state index contributed by atoms with van der Waals surface area (Å²) in [7, 11) is 0. The zero-order chi connectivity index (χ0) is 44.1. The Morgan fingerprint density at radius 1 is 0.242 bits per heavy atom. The number of nitrogens with zero attached hydrogens (tertiary/aromatic N) is 2. The van der Waals surface area contributed by atoms with Crippen LogP contribution in [0.4, 0.5) is 0 Å². The zero-order valence-electron chi connectivity index (χ0n) is 37.0.